The summed E-state index contributed by atoms with van der Waals surface area (Å²) in [6.07, 6.45) is 1.27. The third kappa shape index (κ3) is 5.55. The number of urea groups is 1. The molecule has 37 heavy (non-hydrogen) atoms. The van der Waals surface area contributed by atoms with Crippen molar-refractivity contribution >= 4 is 58.5 Å². The minimum absolute atomic E-state index is 0.0305. The van der Waals surface area contributed by atoms with Gasteiger partial charge in [0.15, 0.2) is 11.5 Å². The SMILES string of the molecule is COc1cc(/C=C2\C(=O)NC(=O)N(c3ccc(Cl)cc3)C2=O)cc(Cl)c1OCc1cccc([N+](=O)[O-])c1. The number of carbonyl (C=O) groups is 3. The van der Waals surface area contributed by atoms with E-state index in [1.165, 1.54) is 67.8 Å². The second-order valence-corrected chi connectivity index (χ2v) is 8.53. The quantitative estimate of drug-likeness (QED) is 0.189. The molecule has 0 aliphatic carbocycles. The molecule has 4 rings (SSSR count). The van der Waals surface area contributed by atoms with Crippen molar-refractivity contribution in [2.24, 2.45) is 0 Å². The topological polar surface area (TPSA) is 128 Å². The van der Waals surface area contributed by atoms with Gasteiger partial charge >= 0.3 is 6.03 Å². The van der Waals surface area contributed by atoms with Crippen LogP contribution in [0, 0.1) is 10.1 Å². The van der Waals surface area contributed by atoms with E-state index in [1.807, 2.05) is 0 Å². The molecule has 0 saturated carbocycles. The Morgan fingerprint density at radius 2 is 1.78 bits per heavy atom. The first-order valence-corrected chi connectivity index (χ1v) is 11.3. The number of anilines is 1. The lowest BCUT2D eigenvalue weighted by Crippen LogP contribution is -2.54. The summed E-state index contributed by atoms with van der Waals surface area (Å²) in [5.41, 5.74) is 0.704. The molecule has 12 heteroatoms. The van der Waals surface area contributed by atoms with Crippen LogP contribution in [0.3, 0.4) is 0 Å². The summed E-state index contributed by atoms with van der Waals surface area (Å²) in [4.78, 5) is 49.2. The van der Waals surface area contributed by atoms with Gasteiger partial charge in [-0.3, -0.25) is 25.0 Å². The van der Waals surface area contributed by atoms with E-state index in [4.69, 9.17) is 32.7 Å². The maximum atomic E-state index is 13.1. The Bertz CT molecular complexity index is 1460. The van der Waals surface area contributed by atoms with Crippen LogP contribution in [0.5, 0.6) is 11.5 Å². The van der Waals surface area contributed by atoms with E-state index >= 15 is 0 Å². The average Bonchev–Trinajstić information content (AvgIpc) is 2.86. The first-order chi connectivity index (χ1) is 17.7. The molecule has 0 atom stereocenters. The maximum Gasteiger partial charge on any atom is 0.335 e. The molecule has 1 fully saturated rings. The fraction of sp³-hybridized carbons (Fsp3) is 0.0800. The average molecular weight is 542 g/mol. The highest BCUT2D eigenvalue weighted by Crippen LogP contribution is 2.38. The number of methoxy groups -OCH3 is 1. The van der Waals surface area contributed by atoms with Crippen LogP contribution < -0.4 is 19.7 Å². The second-order valence-electron chi connectivity index (χ2n) is 7.68. The van der Waals surface area contributed by atoms with Gasteiger partial charge in [0.2, 0.25) is 0 Å². The van der Waals surface area contributed by atoms with E-state index in [1.54, 1.807) is 6.07 Å². The Morgan fingerprint density at radius 3 is 2.46 bits per heavy atom. The molecule has 0 unspecified atom stereocenters. The number of carbonyl (C=O) groups excluding carboxylic acids is 3. The summed E-state index contributed by atoms with van der Waals surface area (Å²) in [6, 6.07) is 13.9. The Labute approximate surface area is 220 Å². The molecular weight excluding hydrogens is 525 g/mol. The highest BCUT2D eigenvalue weighted by molar-refractivity contribution is 6.39. The molecule has 4 amide bonds. The maximum absolute atomic E-state index is 13.1. The van der Waals surface area contributed by atoms with Crippen LogP contribution >= 0.6 is 23.2 Å². The molecule has 0 aromatic heterocycles. The molecule has 3 aromatic carbocycles. The highest BCUT2D eigenvalue weighted by Gasteiger charge is 2.36. The minimum atomic E-state index is -0.894. The van der Waals surface area contributed by atoms with E-state index in [0.29, 0.717) is 16.1 Å². The standard InChI is InChI=1S/C25H17Cl2N3O7/c1-36-21-12-15(11-20(27)22(21)37-13-14-3-2-4-18(9-14)30(34)35)10-19-23(31)28-25(33)29(24(19)32)17-7-5-16(26)6-8-17/h2-12H,13H2,1H3,(H,28,31,33)/b19-10+. The van der Waals surface area contributed by atoms with Gasteiger partial charge in [0.25, 0.3) is 17.5 Å². The summed E-state index contributed by atoms with van der Waals surface area (Å²) in [5, 5.41) is 13.7. The molecule has 0 spiro atoms. The lowest BCUT2D eigenvalue weighted by atomic mass is 10.1. The van der Waals surface area contributed by atoms with Gasteiger partial charge in [-0.05, 0) is 53.6 Å². The largest absolute Gasteiger partial charge is 0.493 e. The Balaban J connectivity index is 1.62. The number of hydrogen-bond acceptors (Lipinski definition) is 7. The number of barbiturate groups is 1. The number of rotatable bonds is 7. The number of halogens is 2. The molecule has 3 aromatic rings. The van der Waals surface area contributed by atoms with E-state index in [2.05, 4.69) is 5.32 Å². The zero-order valence-corrected chi connectivity index (χ0v) is 20.6. The number of nitrogens with one attached hydrogen (secondary N) is 1. The number of amides is 4. The molecule has 188 valence electrons. The Morgan fingerprint density at radius 1 is 1.05 bits per heavy atom. The first-order valence-electron chi connectivity index (χ1n) is 10.6. The number of benzene rings is 3. The van der Waals surface area contributed by atoms with Crippen LogP contribution in [0.2, 0.25) is 10.0 Å². The van der Waals surface area contributed by atoms with Crippen molar-refractivity contribution in [3.05, 3.63) is 97.5 Å². The first kappa shape index (κ1) is 25.7. The molecule has 10 nitrogen and oxygen atoms in total. The fourth-order valence-electron chi connectivity index (χ4n) is 3.53. The van der Waals surface area contributed by atoms with Crippen molar-refractivity contribution < 1.29 is 28.8 Å². The predicted molar refractivity (Wildman–Crippen MR) is 136 cm³/mol. The fourth-order valence-corrected chi connectivity index (χ4v) is 3.93. The van der Waals surface area contributed by atoms with Crippen LogP contribution in [0.1, 0.15) is 11.1 Å². The number of ether oxygens (including phenoxy) is 2. The van der Waals surface area contributed by atoms with Crippen LogP contribution in [-0.4, -0.2) is 29.9 Å². The summed E-state index contributed by atoms with van der Waals surface area (Å²) < 4.78 is 11.1. The molecule has 1 N–H and O–H groups in total. The van der Waals surface area contributed by atoms with Crippen molar-refractivity contribution in [3.8, 4) is 11.5 Å². The minimum Gasteiger partial charge on any atom is -0.493 e. The molecule has 0 radical (unpaired) electrons. The molecule has 1 saturated heterocycles. The molecular formula is C25H17Cl2N3O7. The van der Waals surface area contributed by atoms with Gasteiger partial charge in [-0.1, -0.05) is 35.3 Å². The number of hydrogen-bond donors (Lipinski definition) is 1. The lowest BCUT2D eigenvalue weighted by molar-refractivity contribution is -0.384. The van der Waals surface area contributed by atoms with Crippen LogP contribution in [0.15, 0.2) is 66.2 Å². The van der Waals surface area contributed by atoms with Gasteiger partial charge in [-0.2, -0.15) is 0 Å². The van der Waals surface area contributed by atoms with Crippen LogP contribution in [-0.2, 0) is 16.2 Å². The van der Waals surface area contributed by atoms with Crippen molar-refractivity contribution in [1.29, 1.82) is 0 Å². The number of non-ortho nitro benzene ring substituents is 1. The smallest absolute Gasteiger partial charge is 0.335 e. The van der Waals surface area contributed by atoms with Crippen molar-refractivity contribution in [1.82, 2.24) is 5.32 Å². The molecule has 1 heterocycles. The highest BCUT2D eigenvalue weighted by atomic mass is 35.5. The van der Waals surface area contributed by atoms with Crippen LogP contribution in [0.4, 0.5) is 16.2 Å². The van der Waals surface area contributed by atoms with Gasteiger partial charge in [0, 0.05) is 17.2 Å². The van der Waals surface area contributed by atoms with Gasteiger partial charge in [0.05, 0.1) is 22.7 Å². The van der Waals surface area contributed by atoms with Gasteiger partial charge in [-0.15, -0.1) is 0 Å². The number of nitro benzene ring substituents is 1. The normalized spacial score (nSPS) is 14.5. The van der Waals surface area contributed by atoms with Crippen LogP contribution in [0.25, 0.3) is 6.08 Å². The van der Waals surface area contributed by atoms with E-state index in [-0.39, 0.29) is 40.1 Å². The molecule has 1 aliphatic heterocycles. The summed E-state index contributed by atoms with van der Waals surface area (Å²) in [5.74, 6) is -1.35. The lowest BCUT2D eigenvalue weighted by Gasteiger charge is -2.26. The van der Waals surface area contributed by atoms with Gasteiger partial charge < -0.3 is 9.47 Å². The van der Waals surface area contributed by atoms with Gasteiger partial charge in [-0.25, -0.2) is 9.69 Å². The van der Waals surface area contributed by atoms with Crippen molar-refractivity contribution in [2.45, 2.75) is 6.61 Å². The summed E-state index contributed by atoms with van der Waals surface area (Å²) >= 11 is 12.3. The Kier molecular flexibility index (Phi) is 7.42. The Hall–Kier alpha value is -4.41. The van der Waals surface area contributed by atoms with Crippen molar-refractivity contribution in [2.75, 3.05) is 12.0 Å². The van der Waals surface area contributed by atoms with Crippen molar-refractivity contribution in [3.63, 3.8) is 0 Å². The third-order valence-electron chi connectivity index (χ3n) is 5.25. The predicted octanol–water partition coefficient (Wildman–Crippen LogP) is 5.16. The number of imide groups is 2. The summed E-state index contributed by atoms with van der Waals surface area (Å²) in [6.45, 7) is -0.0305. The van der Waals surface area contributed by atoms with E-state index in [9.17, 15) is 24.5 Å². The van der Waals surface area contributed by atoms with E-state index in [0.717, 1.165) is 4.90 Å². The number of nitro groups is 1. The summed E-state index contributed by atoms with van der Waals surface area (Å²) in [7, 11) is 1.38. The second kappa shape index (κ2) is 10.7. The van der Waals surface area contributed by atoms with E-state index < -0.39 is 22.8 Å². The van der Waals surface area contributed by atoms with Gasteiger partial charge in [0.1, 0.15) is 12.2 Å². The third-order valence-corrected chi connectivity index (χ3v) is 5.79. The number of nitrogens with zero attached hydrogens (tertiary/aromatic N) is 2. The zero-order valence-electron chi connectivity index (χ0n) is 19.1. The monoisotopic (exact) mass is 541 g/mol. The molecule has 0 bridgehead atoms. The molecule has 1 aliphatic rings. The zero-order chi connectivity index (χ0) is 26.7.